The molecule has 14 heteroatoms. The van der Waals surface area contributed by atoms with Crippen molar-refractivity contribution in [3.63, 3.8) is 0 Å². The summed E-state index contributed by atoms with van der Waals surface area (Å²) in [4.78, 5) is 48.7. The first-order valence-corrected chi connectivity index (χ1v) is 19.2. The van der Waals surface area contributed by atoms with Crippen LogP contribution >= 0.6 is 34.4 Å². The average molecular weight is 740 g/mol. The Labute approximate surface area is 305 Å². The summed E-state index contributed by atoms with van der Waals surface area (Å²) in [6.45, 7) is 7.87. The Hall–Kier alpha value is -3.98. The smallest absolute Gasteiger partial charge is 0.408 e. The van der Waals surface area contributed by atoms with Crippen LogP contribution in [0, 0.1) is 5.92 Å². The molecule has 11 nitrogen and oxygen atoms in total. The molecule has 0 saturated carbocycles. The van der Waals surface area contributed by atoms with Gasteiger partial charge in [0.05, 0.1) is 27.5 Å². The van der Waals surface area contributed by atoms with Crippen molar-refractivity contribution in [2.75, 3.05) is 5.94 Å². The van der Waals surface area contributed by atoms with Crippen molar-refractivity contribution >= 4 is 52.5 Å². The number of alkyl carbamates (subject to hydrolysis) is 2. The summed E-state index contributed by atoms with van der Waals surface area (Å²) in [7, 11) is 0. The fourth-order valence-corrected chi connectivity index (χ4v) is 7.21. The maximum absolute atomic E-state index is 13.7. The summed E-state index contributed by atoms with van der Waals surface area (Å²) < 4.78 is 10.8. The standard InChI is InChI=1S/C36H45N5O6S3/c1-23(2)32(41-36(45)47-22-50-31-20-48-34(40-31)24(3)4)33(43)38-27(15-25-11-7-5-8-12-25)17-30(42)29(16-26-13-9-6-10-14-26)39-35(44)46-19-28-18-37-21-49-28/h5-14,18,20-21,23-24,27,29-30,32,42H,15-17,19,22H2,1-4H3,(H,38,43)(H,39,44)(H,41,45)/t27-,29-,30-,32-/m0/s1. The quantitative estimate of drug-likeness (QED) is 0.0659. The van der Waals surface area contributed by atoms with Gasteiger partial charge in [0.25, 0.3) is 0 Å². The summed E-state index contributed by atoms with van der Waals surface area (Å²) in [5.41, 5.74) is 3.53. The Kier molecular flexibility index (Phi) is 15.5. The largest absolute Gasteiger partial charge is 0.444 e. The van der Waals surface area contributed by atoms with Gasteiger partial charge in [0.2, 0.25) is 5.91 Å². The first-order valence-electron chi connectivity index (χ1n) is 16.5. The molecule has 0 aliphatic heterocycles. The highest BCUT2D eigenvalue weighted by Crippen LogP contribution is 2.25. The molecule has 2 aromatic carbocycles. The van der Waals surface area contributed by atoms with Crippen molar-refractivity contribution in [3.05, 3.63) is 98.8 Å². The second-order valence-corrected chi connectivity index (χ2v) is 15.2. The van der Waals surface area contributed by atoms with Crippen LogP contribution in [0.2, 0.25) is 0 Å². The Morgan fingerprint density at radius 1 is 0.860 bits per heavy atom. The number of carbonyl (C=O) groups is 3. The second kappa shape index (κ2) is 20.0. The van der Waals surface area contributed by atoms with E-state index in [2.05, 4.69) is 39.8 Å². The minimum atomic E-state index is -1.06. The summed E-state index contributed by atoms with van der Waals surface area (Å²) in [6, 6.07) is 17.0. The van der Waals surface area contributed by atoms with Crippen LogP contribution in [-0.4, -0.2) is 63.3 Å². The van der Waals surface area contributed by atoms with E-state index in [-0.39, 0.29) is 24.9 Å². The number of ether oxygens (including phenoxy) is 2. The van der Waals surface area contributed by atoms with E-state index in [1.165, 1.54) is 23.1 Å². The van der Waals surface area contributed by atoms with Gasteiger partial charge in [0.1, 0.15) is 23.6 Å². The Bertz CT molecular complexity index is 1600. The number of aliphatic hydroxyl groups excluding tert-OH is 1. The highest BCUT2D eigenvalue weighted by atomic mass is 32.2. The molecule has 0 aliphatic carbocycles. The second-order valence-electron chi connectivity index (χ2n) is 12.4. The van der Waals surface area contributed by atoms with Crippen molar-refractivity contribution < 1.29 is 29.0 Å². The van der Waals surface area contributed by atoms with Crippen molar-refractivity contribution in [1.29, 1.82) is 0 Å². The van der Waals surface area contributed by atoms with Crippen LogP contribution in [0.1, 0.15) is 61.0 Å². The zero-order valence-corrected chi connectivity index (χ0v) is 31.1. The van der Waals surface area contributed by atoms with Crippen LogP contribution in [0.15, 0.2) is 82.8 Å². The molecule has 268 valence electrons. The summed E-state index contributed by atoms with van der Waals surface area (Å²) in [5, 5.41) is 24.0. The van der Waals surface area contributed by atoms with Gasteiger partial charge in [-0.2, -0.15) is 0 Å². The van der Waals surface area contributed by atoms with Crippen LogP contribution in [0.3, 0.4) is 0 Å². The van der Waals surface area contributed by atoms with Gasteiger partial charge in [-0.15, -0.1) is 22.7 Å². The van der Waals surface area contributed by atoms with Gasteiger partial charge >= 0.3 is 12.2 Å². The lowest BCUT2D eigenvalue weighted by atomic mass is 9.93. The summed E-state index contributed by atoms with van der Waals surface area (Å²) >= 11 is 4.25. The maximum Gasteiger partial charge on any atom is 0.408 e. The Morgan fingerprint density at radius 3 is 2.12 bits per heavy atom. The summed E-state index contributed by atoms with van der Waals surface area (Å²) in [5.74, 6) is -0.302. The molecule has 0 aliphatic rings. The van der Waals surface area contributed by atoms with Crippen LogP contribution < -0.4 is 16.0 Å². The maximum atomic E-state index is 13.7. The molecule has 50 heavy (non-hydrogen) atoms. The number of aliphatic hydroxyl groups is 1. The molecule has 0 saturated heterocycles. The van der Waals surface area contributed by atoms with E-state index in [1.807, 2.05) is 79.9 Å². The van der Waals surface area contributed by atoms with Crippen LogP contribution in [0.25, 0.3) is 0 Å². The number of carbonyl (C=O) groups excluding carboxylic acids is 3. The van der Waals surface area contributed by atoms with Crippen molar-refractivity contribution in [3.8, 4) is 0 Å². The van der Waals surface area contributed by atoms with Gasteiger partial charge in [-0.1, -0.05) is 100 Å². The van der Waals surface area contributed by atoms with E-state index in [9.17, 15) is 19.5 Å². The van der Waals surface area contributed by atoms with Crippen molar-refractivity contribution in [1.82, 2.24) is 25.9 Å². The van der Waals surface area contributed by atoms with Gasteiger partial charge in [-0.25, -0.2) is 14.6 Å². The third kappa shape index (κ3) is 13.0. The Morgan fingerprint density at radius 2 is 1.52 bits per heavy atom. The lowest BCUT2D eigenvalue weighted by Crippen LogP contribution is -2.54. The molecule has 0 unspecified atom stereocenters. The zero-order chi connectivity index (χ0) is 35.9. The number of rotatable bonds is 18. The fourth-order valence-electron chi connectivity index (χ4n) is 5.08. The number of hydrogen-bond donors (Lipinski definition) is 4. The Balaban J connectivity index is 1.42. The molecular formula is C36H45N5O6S3. The molecule has 0 bridgehead atoms. The SMILES string of the molecule is CC(C)c1nc(SCOC(=O)N[C@H](C(=O)N[C@@H](Cc2ccccc2)C[C@H](O)[C@H](Cc2ccccc2)NC(=O)OCc2cncs2)C(C)C)cs1. The third-order valence-corrected chi connectivity index (χ3v) is 10.5. The number of nitrogens with one attached hydrogen (secondary N) is 3. The first kappa shape index (κ1) is 38.8. The van der Waals surface area contributed by atoms with Crippen molar-refractivity contribution in [2.24, 2.45) is 5.92 Å². The van der Waals surface area contributed by atoms with Gasteiger partial charge in [0, 0.05) is 23.5 Å². The molecular weight excluding hydrogens is 695 g/mol. The molecule has 3 amide bonds. The van der Waals surface area contributed by atoms with E-state index in [4.69, 9.17) is 9.47 Å². The first-order chi connectivity index (χ1) is 24.1. The molecule has 0 radical (unpaired) electrons. The monoisotopic (exact) mass is 739 g/mol. The molecule has 4 atom stereocenters. The van der Waals surface area contributed by atoms with Gasteiger partial charge < -0.3 is 30.5 Å². The molecule has 2 heterocycles. The van der Waals surface area contributed by atoms with E-state index >= 15 is 0 Å². The highest BCUT2D eigenvalue weighted by Gasteiger charge is 2.30. The number of aromatic nitrogens is 2. The van der Waals surface area contributed by atoms with Gasteiger partial charge in [-0.05, 0) is 36.3 Å². The van der Waals surface area contributed by atoms with E-state index in [0.717, 1.165) is 26.0 Å². The number of nitrogens with zero attached hydrogens (tertiary/aromatic N) is 2. The molecule has 4 rings (SSSR count). The summed E-state index contributed by atoms with van der Waals surface area (Å²) in [6.07, 6.45) is 0.0549. The van der Waals surface area contributed by atoms with Crippen molar-refractivity contribution in [2.45, 2.75) is 88.7 Å². The molecule has 0 spiro atoms. The van der Waals surface area contributed by atoms with Gasteiger partial charge in [-0.3, -0.25) is 9.78 Å². The lowest BCUT2D eigenvalue weighted by Gasteiger charge is -2.30. The zero-order valence-electron chi connectivity index (χ0n) is 28.6. The average Bonchev–Trinajstić information content (AvgIpc) is 3.80. The minimum absolute atomic E-state index is 0.0464. The van der Waals surface area contributed by atoms with Crippen LogP contribution in [-0.2, 0) is 33.7 Å². The number of amides is 3. The topological polar surface area (TPSA) is 152 Å². The number of hydrogen-bond acceptors (Lipinski definition) is 11. The lowest BCUT2D eigenvalue weighted by molar-refractivity contribution is -0.125. The van der Waals surface area contributed by atoms with Crippen LogP contribution in [0.5, 0.6) is 0 Å². The number of thiazole rings is 2. The van der Waals surface area contributed by atoms with E-state index in [0.29, 0.717) is 18.8 Å². The molecule has 4 N–H and O–H groups in total. The normalized spacial score (nSPS) is 13.7. The number of benzene rings is 2. The predicted octanol–water partition coefficient (Wildman–Crippen LogP) is 6.54. The van der Waals surface area contributed by atoms with Gasteiger partial charge in [0.15, 0.2) is 0 Å². The van der Waals surface area contributed by atoms with Crippen LogP contribution in [0.4, 0.5) is 9.59 Å². The fraction of sp³-hybridized carbons (Fsp3) is 0.417. The molecule has 2 aromatic heterocycles. The third-order valence-electron chi connectivity index (χ3n) is 7.71. The van der Waals surface area contributed by atoms with E-state index < -0.39 is 42.3 Å². The predicted molar refractivity (Wildman–Crippen MR) is 197 cm³/mol. The number of thioether (sulfide) groups is 1. The van der Waals surface area contributed by atoms with E-state index in [1.54, 1.807) is 23.0 Å². The minimum Gasteiger partial charge on any atom is -0.444 e. The molecule has 4 aromatic rings. The highest BCUT2D eigenvalue weighted by molar-refractivity contribution is 7.99. The molecule has 0 fully saturated rings.